The van der Waals surface area contributed by atoms with E-state index in [1.165, 1.54) is 0 Å². The van der Waals surface area contributed by atoms with Crippen molar-refractivity contribution >= 4 is 17.4 Å². The first kappa shape index (κ1) is 14.3. The summed E-state index contributed by atoms with van der Waals surface area (Å²) in [5.41, 5.74) is 2.72. The zero-order valence-corrected chi connectivity index (χ0v) is 12.1. The van der Waals surface area contributed by atoms with Crippen LogP contribution in [-0.2, 0) is 11.3 Å². The van der Waals surface area contributed by atoms with Gasteiger partial charge in [0.05, 0.1) is 17.7 Å². The van der Waals surface area contributed by atoms with E-state index in [-0.39, 0.29) is 6.03 Å². The fraction of sp³-hybridized carbons (Fsp3) is 0.692. The van der Waals surface area contributed by atoms with Crippen LogP contribution in [0.4, 0.5) is 4.79 Å². The van der Waals surface area contributed by atoms with Gasteiger partial charge < -0.3 is 15.0 Å². The number of amides is 2. The molecule has 1 N–H and O–H groups in total. The number of aromatic nitrogens is 1. The second-order valence-corrected chi connectivity index (χ2v) is 5.66. The smallest absolute Gasteiger partial charge is 0.317 e. The highest BCUT2D eigenvalue weighted by molar-refractivity contribution is 7.07. The largest absolute Gasteiger partial charge is 0.381 e. The lowest BCUT2D eigenvalue weighted by atomic mass is 10.0. The number of ether oxygens (including phenoxy) is 1. The summed E-state index contributed by atoms with van der Waals surface area (Å²) in [5.74, 6) is 0.685. The Bertz CT molecular complexity index is 377. The van der Waals surface area contributed by atoms with Crippen LogP contribution in [0, 0.1) is 5.92 Å². The third kappa shape index (κ3) is 4.80. The van der Waals surface area contributed by atoms with Gasteiger partial charge in [-0.25, -0.2) is 9.78 Å². The number of carbonyl (C=O) groups is 1. The standard InChI is InChI=1S/C13H21N3O2S/c1-16(7-12-9-19-10-15-12)13(17)14-5-2-3-11-4-6-18-8-11/h9-11H,2-8H2,1H3,(H,14,17). The van der Waals surface area contributed by atoms with Crippen LogP contribution in [0.15, 0.2) is 10.9 Å². The molecule has 106 valence electrons. The summed E-state index contributed by atoms with van der Waals surface area (Å²) < 4.78 is 5.33. The number of thiazole rings is 1. The third-order valence-electron chi connectivity index (χ3n) is 3.32. The maximum atomic E-state index is 11.8. The molecule has 2 amide bonds. The van der Waals surface area contributed by atoms with Gasteiger partial charge in [0.2, 0.25) is 0 Å². The molecule has 1 aromatic heterocycles. The third-order valence-corrected chi connectivity index (χ3v) is 3.95. The van der Waals surface area contributed by atoms with Gasteiger partial charge in [-0.05, 0) is 25.2 Å². The number of rotatable bonds is 6. The van der Waals surface area contributed by atoms with Crippen molar-refractivity contribution in [3.8, 4) is 0 Å². The molecule has 0 aliphatic carbocycles. The summed E-state index contributed by atoms with van der Waals surface area (Å²) in [4.78, 5) is 17.7. The number of nitrogens with one attached hydrogen (secondary N) is 1. The zero-order valence-electron chi connectivity index (χ0n) is 11.3. The molecule has 1 aliphatic heterocycles. The second-order valence-electron chi connectivity index (χ2n) is 4.94. The van der Waals surface area contributed by atoms with Crippen molar-refractivity contribution in [2.45, 2.75) is 25.8 Å². The van der Waals surface area contributed by atoms with Crippen molar-refractivity contribution in [1.29, 1.82) is 0 Å². The summed E-state index contributed by atoms with van der Waals surface area (Å²) >= 11 is 1.55. The van der Waals surface area contributed by atoms with Crippen LogP contribution in [0.2, 0.25) is 0 Å². The van der Waals surface area contributed by atoms with E-state index in [2.05, 4.69) is 10.3 Å². The molecule has 5 nitrogen and oxygen atoms in total. The van der Waals surface area contributed by atoms with Crippen LogP contribution >= 0.6 is 11.3 Å². The minimum Gasteiger partial charge on any atom is -0.381 e. The highest BCUT2D eigenvalue weighted by atomic mass is 32.1. The average molecular weight is 283 g/mol. The summed E-state index contributed by atoms with van der Waals surface area (Å²) in [7, 11) is 1.79. The molecule has 1 saturated heterocycles. The fourth-order valence-electron chi connectivity index (χ4n) is 2.16. The lowest BCUT2D eigenvalue weighted by Crippen LogP contribution is -2.37. The Labute approximate surface area is 118 Å². The van der Waals surface area contributed by atoms with Crippen molar-refractivity contribution in [2.75, 3.05) is 26.8 Å². The van der Waals surface area contributed by atoms with Crippen molar-refractivity contribution < 1.29 is 9.53 Å². The van der Waals surface area contributed by atoms with Crippen LogP contribution in [-0.4, -0.2) is 42.7 Å². The maximum Gasteiger partial charge on any atom is 0.317 e. The molecule has 1 aliphatic rings. The molecule has 0 radical (unpaired) electrons. The SMILES string of the molecule is CN(Cc1cscn1)C(=O)NCCCC1CCOC1. The molecule has 0 bridgehead atoms. The summed E-state index contributed by atoms with van der Waals surface area (Å²) in [5, 5.41) is 4.90. The molecule has 1 aromatic rings. The van der Waals surface area contributed by atoms with Gasteiger partial charge in [-0.1, -0.05) is 0 Å². The van der Waals surface area contributed by atoms with Gasteiger partial charge in [0, 0.05) is 32.2 Å². The van der Waals surface area contributed by atoms with Crippen molar-refractivity contribution in [1.82, 2.24) is 15.2 Å². The summed E-state index contributed by atoms with van der Waals surface area (Å²) in [6.07, 6.45) is 3.32. The maximum absolute atomic E-state index is 11.8. The Morgan fingerprint density at radius 1 is 1.68 bits per heavy atom. The predicted molar refractivity (Wildman–Crippen MR) is 75.1 cm³/mol. The average Bonchev–Trinajstić information content (AvgIpc) is 3.07. The molecule has 6 heteroatoms. The van der Waals surface area contributed by atoms with E-state index in [9.17, 15) is 4.79 Å². The number of urea groups is 1. The highest BCUT2D eigenvalue weighted by Crippen LogP contribution is 2.17. The molecule has 1 unspecified atom stereocenters. The first-order valence-corrected chi connectivity index (χ1v) is 7.64. The van der Waals surface area contributed by atoms with Gasteiger partial charge >= 0.3 is 6.03 Å². The van der Waals surface area contributed by atoms with Crippen molar-refractivity contribution in [2.24, 2.45) is 5.92 Å². The molecule has 2 heterocycles. The number of nitrogens with zero attached hydrogens (tertiary/aromatic N) is 2. The van der Waals surface area contributed by atoms with E-state index in [1.54, 1.807) is 28.8 Å². The topological polar surface area (TPSA) is 54.5 Å². The second kappa shape index (κ2) is 7.45. The van der Waals surface area contributed by atoms with Gasteiger partial charge in [-0.2, -0.15) is 0 Å². The molecule has 19 heavy (non-hydrogen) atoms. The molecular formula is C13H21N3O2S. The Kier molecular flexibility index (Phi) is 5.60. The minimum atomic E-state index is -0.0318. The zero-order chi connectivity index (χ0) is 13.5. The van der Waals surface area contributed by atoms with Gasteiger partial charge in [-0.3, -0.25) is 0 Å². The van der Waals surface area contributed by atoms with Gasteiger partial charge in [-0.15, -0.1) is 11.3 Å². The van der Waals surface area contributed by atoms with Gasteiger partial charge in [0.1, 0.15) is 0 Å². The van der Waals surface area contributed by atoms with Crippen LogP contribution < -0.4 is 5.32 Å². The Morgan fingerprint density at radius 3 is 3.26 bits per heavy atom. The predicted octanol–water partition coefficient (Wildman–Crippen LogP) is 2.10. The number of hydrogen-bond acceptors (Lipinski definition) is 4. The van der Waals surface area contributed by atoms with Crippen LogP contribution in [0.1, 0.15) is 25.0 Å². The first-order valence-electron chi connectivity index (χ1n) is 6.69. The van der Waals surface area contributed by atoms with Gasteiger partial charge in [0.15, 0.2) is 0 Å². The summed E-state index contributed by atoms with van der Waals surface area (Å²) in [6.45, 7) is 3.08. The van der Waals surface area contributed by atoms with E-state index >= 15 is 0 Å². The molecule has 1 fully saturated rings. The first-order chi connectivity index (χ1) is 9.25. The van der Waals surface area contributed by atoms with E-state index in [1.807, 2.05) is 5.38 Å². The number of hydrogen-bond donors (Lipinski definition) is 1. The highest BCUT2D eigenvalue weighted by Gasteiger charge is 2.15. The van der Waals surface area contributed by atoms with E-state index in [0.717, 1.165) is 44.7 Å². The van der Waals surface area contributed by atoms with Gasteiger partial charge in [0.25, 0.3) is 0 Å². The Morgan fingerprint density at radius 2 is 2.58 bits per heavy atom. The summed E-state index contributed by atoms with van der Waals surface area (Å²) in [6, 6.07) is -0.0318. The van der Waals surface area contributed by atoms with Crippen molar-refractivity contribution in [3.05, 3.63) is 16.6 Å². The van der Waals surface area contributed by atoms with Crippen LogP contribution in [0.5, 0.6) is 0 Å². The normalized spacial score (nSPS) is 18.5. The van der Waals surface area contributed by atoms with E-state index in [0.29, 0.717) is 12.5 Å². The lowest BCUT2D eigenvalue weighted by Gasteiger charge is -2.17. The van der Waals surface area contributed by atoms with Crippen LogP contribution in [0.25, 0.3) is 0 Å². The number of carbonyl (C=O) groups excluding carboxylic acids is 1. The minimum absolute atomic E-state index is 0.0318. The molecule has 1 atom stereocenters. The molecule has 0 saturated carbocycles. The Hall–Kier alpha value is -1.14. The molecule has 0 aromatic carbocycles. The molecule has 0 spiro atoms. The van der Waals surface area contributed by atoms with Crippen LogP contribution in [0.3, 0.4) is 0 Å². The van der Waals surface area contributed by atoms with E-state index in [4.69, 9.17) is 4.74 Å². The monoisotopic (exact) mass is 283 g/mol. The molecular weight excluding hydrogens is 262 g/mol. The quantitative estimate of drug-likeness (QED) is 0.813. The molecule has 2 rings (SSSR count). The fourth-order valence-corrected chi connectivity index (χ4v) is 2.71. The van der Waals surface area contributed by atoms with E-state index < -0.39 is 0 Å². The lowest BCUT2D eigenvalue weighted by molar-refractivity contribution is 0.183. The van der Waals surface area contributed by atoms with Crippen molar-refractivity contribution in [3.63, 3.8) is 0 Å². The Balaban J connectivity index is 1.58.